The molecule has 0 aliphatic heterocycles. The van der Waals surface area contributed by atoms with E-state index in [-0.39, 0.29) is 6.04 Å². The minimum Gasteiger partial charge on any atom is -0.324 e. The van der Waals surface area contributed by atoms with Crippen LogP contribution in [0.2, 0.25) is 0 Å². The van der Waals surface area contributed by atoms with Crippen LogP contribution in [0.4, 0.5) is 0 Å². The Balaban J connectivity index is 1.98. The van der Waals surface area contributed by atoms with Crippen molar-refractivity contribution in [2.24, 2.45) is 5.73 Å². The van der Waals surface area contributed by atoms with Gasteiger partial charge in [-0.3, -0.25) is 4.98 Å². The average Bonchev–Trinajstić information content (AvgIpc) is 2.91. The maximum Gasteiger partial charge on any atom is 0.0705 e. The van der Waals surface area contributed by atoms with Gasteiger partial charge >= 0.3 is 0 Å². The number of hydrogen-bond donors (Lipinski definition) is 1. The zero-order chi connectivity index (χ0) is 12.4. The van der Waals surface area contributed by atoms with Gasteiger partial charge in [-0.05, 0) is 46.5 Å². The highest BCUT2D eigenvalue weighted by molar-refractivity contribution is 7.07. The van der Waals surface area contributed by atoms with E-state index in [9.17, 15) is 0 Å². The van der Waals surface area contributed by atoms with Crippen molar-refractivity contribution in [3.63, 3.8) is 0 Å². The fourth-order valence-electron chi connectivity index (χ4n) is 2.21. The van der Waals surface area contributed by atoms with E-state index < -0.39 is 0 Å². The molecule has 2 aromatic heterocycles. The third kappa shape index (κ3) is 2.15. The van der Waals surface area contributed by atoms with E-state index in [4.69, 9.17) is 5.73 Å². The molecule has 3 aromatic rings. The van der Waals surface area contributed by atoms with E-state index in [1.54, 1.807) is 11.3 Å². The van der Waals surface area contributed by atoms with Crippen molar-refractivity contribution >= 4 is 22.2 Å². The summed E-state index contributed by atoms with van der Waals surface area (Å²) in [6.45, 7) is 0. The Morgan fingerprint density at radius 2 is 2.06 bits per heavy atom. The van der Waals surface area contributed by atoms with Crippen LogP contribution in [0.3, 0.4) is 0 Å². The Kier molecular flexibility index (Phi) is 3.09. The molecule has 2 heterocycles. The summed E-state index contributed by atoms with van der Waals surface area (Å²) in [5.41, 5.74) is 9.81. The first-order valence-corrected chi connectivity index (χ1v) is 6.89. The highest BCUT2D eigenvalue weighted by Crippen LogP contribution is 2.24. The van der Waals surface area contributed by atoms with Gasteiger partial charge in [0.1, 0.15) is 0 Å². The molecule has 3 rings (SSSR count). The van der Waals surface area contributed by atoms with E-state index in [1.165, 1.54) is 11.1 Å². The second-order valence-electron chi connectivity index (χ2n) is 4.36. The number of thiophene rings is 1. The van der Waals surface area contributed by atoms with E-state index in [0.29, 0.717) is 0 Å². The molecule has 90 valence electrons. The van der Waals surface area contributed by atoms with Crippen molar-refractivity contribution in [1.29, 1.82) is 0 Å². The number of pyridine rings is 1. The molecule has 0 radical (unpaired) electrons. The Hall–Kier alpha value is -1.71. The number of para-hydroxylation sites is 1. The summed E-state index contributed by atoms with van der Waals surface area (Å²) in [5.74, 6) is 0. The van der Waals surface area contributed by atoms with Crippen molar-refractivity contribution in [2.75, 3.05) is 0 Å². The van der Waals surface area contributed by atoms with E-state index >= 15 is 0 Å². The number of nitrogens with two attached hydrogens (primary N) is 1. The lowest BCUT2D eigenvalue weighted by molar-refractivity contribution is 0.729. The Labute approximate surface area is 110 Å². The largest absolute Gasteiger partial charge is 0.324 e. The van der Waals surface area contributed by atoms with Gasteiger partial charge in [-0.2, -0.15) is 11.3 Å². The van der Waals surface area contributed by atoms with Gasteiger partial charge < -0.3 is 5.73 Å². The zero-order valence-electron chi connectivity index (χ0n) is 9.91. The normalized spacial score (nSPS) is 12.7. The smallest absolute Gasteiger partial charge is 0.0705 e. The van der Waals surface area contributed by atoms with E-state index in [1.807, 2.05) is 30.5 Å². The Morgan fingerprint density at radius 1 is 1.17 bits per heavy atom. The minimum atomic E-state index is 0.0208. The lowest BCUT2D eigenvalue weighted by Gasteiger charge is -2.13. The zero-order valence-corrected chi connectivity index (χ0v) is 10.7. The molecule has 1 atom stereocenters. The molecule has 0 fully saturated rings. The first kappa shape index (κ1) is 11.4. The summed E-state index contributed by atoms with van der Waals surface area (Å²) in [6, 6.07) is 12.3. The molecule has 0 bridgehead atoms. The number of hydrogen-bond acceptors (Lipinski definition) is 3. The van der Waals surface area contributed by atoms with Gasteiger partial charge in [-0.1, -0.05) is 18.2 Å². The molecule has 0 spiro atoms. The number of benzene rings is 1. The first-order chi connectivity index (χ1) is 8.84. The molecule has 2 N–H and O–H groups in total. The second kappa shape index (κ2) is 4.88. The monoisotopic (exact) mass is 254 g/mol. The van der Waals surface area contributed by atoms with Gasteiger partial charge in [0.05, 0.1) is 5.52 Å². The maximum atomic E-state index is 6.33. The Bertz CT molecular complexity index is 641. The van der Waals surface area contributed by atoms with Gasteiger partial charge in [-0.25, -0.2) is 0 Å². The van der Waals surface area contributed by atoms with Crippen molar-refractivity contribution in [1.82, 2.24) is 4.98 Å². The highest BCUT2D eigenvalue weighted by Gasteiger charge is 2.11. The van der Waals surface area contributed by atoms with Gasteiger partial charge in [0.25, 0.3) is 0 Å². The predicted molar refractivity (Wildman–Crippen MR) is 76.7 cm³/mol. The van der Waals surface area contributed by atoms with Crippen LogP contribution in [0.5, 0.6) is 0 Å². The van der Waals surface area contributed by atoms with Gasteiger partial charge in [0.15, 0.2) is 0 Å². The lowest BCUT2D eigenvalue weighted by Crippen LogP contribution is -2.13. The summed E-state index contributed by atoms with van der Waals surface area (Å²) < 4.78 is 0. The lowest BCUT2D eigenvalue weighted by atomic mass is 9.98. The molecule has 2 nitrogen and oxygen atoms in total. The number of nitrogens with zero attached hydrogens (tertiary/aromatic N) is 1. The van der Waals surface area contributed by atoms with Crippen molar-refractivity contribution in [3.8, 4) is 0 Å². The summed E-state index contributed by atoms with van der Waals surface area (Å²) in [6.07, 6.45) is 2.71. The molecule has 1 aromatic carbocycles. The fraction of sp³-hybridized carbons (Fsp3) is 0.133. The van der Waals surface area contributed by atoms with Crippen LogP contribution in [0, 0.1) is 0 Å². The summed E-state index contributed by atoms with van der Waals surface area (Å²) in [7, 11) is 0. The SMILES string of the molecule is NC(Cc1ccsc1)c1ccnc2ccccc12. The maximum absolute atomic E-state index is 6.33. The second-order valence-corrected chi connectivity index (χ2v) is 5.14. The third-order valence-electron chi connectivity index (χ3n) is 3.12. The number of rotatable bonds is 3. The van der Waals surface area contributed by atoms with Crippen LogP contribution >= 0.6 is 11.3 Å². The quantitative estimate of drug-likeness (QED) is 0.776. The molecule has 0 aliphatic rings. The number of fused-ring (bicyclic) bond motifs is 1. The summed E-state index contributed by atoms with van der Waals surface area (Å²) in [5, 5.41) is 5.40. The molecule has 0 amide bonds. The third-order valence-corrected chi connectivity index (χ3v) is 3.85. The van der Waals surface area contributed by atoms with Crippen LogP contribution in [-0.2, 0) is 6.42 Å². The fourth-order valence-corrected chi connectivity index (χ4v) is 2.90. The standard InChI is InChI=1S/C15H14N2S/c16-14(9-11-6-8-18-10-11)12-5-7-17-15-4-2-1-3-13(12)15/h1-8,10,14H,9,16H2. The molecular weight excluding hydrogens is 240 g/mol. The number of aromatic nitrogens is 1. The van der Waals surface area contributed by atoms with Crippen molar-refractivity contribution < 1.29 is 0 Å². The van der Waals surface area contributed by atoms with E-state index in [0.717, 1.165) is 17.3 Å². The summed E-state index contributed by atoms with van der Waals surface area (Å²) in [4.78, 5) is 4.37. The van der Waals surface area contributed by atoms with Crippen LogP contribution in [-0.4, -0.2) is 4.98 Å². The van der Waals surface area contributed by atoms with Gasteiger partial charge in [-0.15, -0.1) is 0 Å². The molecule has 3 heteroatoms. The summed E-state index contributed by atoms with van der Waals surface area (Å²) >= 11 is 1.71. The first-order valence-electron chi connectivity index (χ1n) is 5.95. The predicted octanol–water partition coefficient (Wildman–Crippen LogP) is 3.54. The van der Waals surface area contributed by atoms with Crippen LogP contribution < -0.4 is 5.73 Å². The molecule has 0 aliphatic carbocycles. The molecule has 18 heavy (non-hydrogen) atoms. The molecule has 0 saturated carbocycles. The Morgan fingerprint density at radius 3 is 2.89 bits per heavy atom. The van der Waals surface area contributed by atoms with Gasteiger partial charge in [0.2, 0.25) is 0 Å². The van der Waals surface area contributed by atoms with Crippen LogP contribution in [0.25, 0.3) is 10.9 Å². The highest BCUT2D eigenvalue weighted by atomic mass is 32.1. The average molecular weight is 254 g/mol. The van der Waals surface area contributed by atoms with Crippen LogP contribution in [0.15, 0.2) is 53.4 Å². The molecule has 0 saturated heterocycles. The minimum absolute atomic E-state index is 0.0208. The molecular formula is C15H14N2S. The molecule has 1 unspecified atom stereocenters. The van der Waals surface area contributed by atoms with Crippen molar-refractivity contribution in [3.05, 3.63) is 64.5 Å². The van der Waals surface area contributed by atoms with Crippen molar-refractivity contribution in [2.45, 2.75) is 12.5 Å². The van der Waals surface area contributed by atoms with Crippen LogP contribution in [0.1, 0.15) is 17.2 Å². The van der Waals surface area contributed by atoms with Gasteiger partial charge in [0, 0.05) is 17.6 Å². The van der Waals surface area contributed by atoms with E-state index in [2.05, 4.69) is 27.9 Å². The topological polar surface area (TPSA) is 38.9 Å².